The summed E-state index contributed by atoms with van der Waals surface area (Å²) in [6, 6.07) is 0.730. The summed E-state index contributed by atoms with van der Waals surface area (Å²) < 4.78 is 0. The minimum Gasteiger partial charge on any atom is -0.386 e. The predicted molar refractivity (Wildman–Crippen MR) is 85.3 cm³/mol. The van der Waals surface area contributed by atoms with Gasteiger partial charge in [-0.25, -0.2) is 0 Å². The van der Waals surface area contributed by atoms with Gasteiger partial charge < -0.3 is 10.4 Å². The minimum absolute atomic E-state index is 0.400. The molecule has 2 heteroatoms. The number of piperidine rings is 1. The van der Waals surface area contributed by atoms with Crippen molar-refractivity contribution in [3.63, 3.8) is 0 Å². The zero-order chi connectivity index (χ0) is 14.9. The predicted octanol–water partition coefficient (Wildman–Crippen LogP) is 3.98. The van der Waals surface area contributed by atoms with E-state index in [2.05, 4.69) is 32.7 Å². The van der Waals surface area contributed by atoms with Gasteiger partial charge in [-0.05, 0) is 47.5 Å². The highest BCUT2D eigenvalue weighted by molar-refractivity contribution is 5.11. The number of allylic oxidation sites excluding steroid dienone is 4. The maximum Gasteiger partial charge on any atom is 0.0774 e. The summed E-state index contributed by atoms with van der Waals surface area (Å²) in [7, 11) is 0. The molecule has 0 amide bonds. The largest absolute Gasteiger partial charge is 0.386 e. The molecular weight excluding hydrogens is 234 g/mol. The molecule has 19 heavy (non-hydrogen) atoms. The van der Waals surface area contributed by atoms with E-state index in [9.17, 15) is 5.11 Å². The molecule has 0 aromatic heterocycles. The Hall–Kier alpha value is -0.860. The monoisotopic (exact) mass is 265 g/mol. The number of nitrogens with one attached hydrogen (secondary N) is 1. The molecular formula is C17H31NO. The van der Waals surface area contributed by atoms with Gasteiger partial charge in [-0.2, -0.15) is 0 Å². The summed E-state index contributed by atoms with van der Waals surface area (Å²) in [6.45, 7) is 13.8. The first kappa shape index (κ1) is 18.1. The normalized spacial score (nSPS) is 23.2. The molecule has 0 radical (unpaired) electrons. The van der Waals surface area contributed by atoms with E-state index in [0.29, 0.717) is 5.54 Å². The standard InChI is InChI=1S/C9H14O.C8H17N/c1-4-5-6-7-8-9(2,3)10;1-7-5-4-6-8(2,3)9-7/h4-8,10H,1H2,2-3H3;7,9H,4-6H2,1-3H3/b6-5-,8-7+;. The quantitative estimate of drug-likeness (QED) is 0.756. The average Bonchev–Trinajstić information content (AvgIpc) is 2.22. The van der Waals surface area contributed by atoms with Crippen LogP contribution in [0.15, 0.2) is 37.0 Å². The SMILES string of the molecule is C=C/C=C\C=C\C(C)(C)O.CC1CCCC(C)(C)N1. The summed E-state index contributed by atoms with van der Waals surface area (Å²) >= 11 is 0. The molecule has 0 aromatic rings. The second-order valence-corrected chi connectivity index (χ2v) is 6.45. The van der Waals surface area contributed by atoms with E-state index in [1.165, 1.54) is 19.3 Å². The number of aliphatic hydroxyl groups is 1. The van der Waals surface area contributed by atoms with Gasteiger partial charge in [0, 0.05) is 11.6 Å². The molecule has 2 nitrogen and oxygen atoms in total. The summed E-state index contributed by atoms with van der Waals surface area (Å²) in [4.78, 5) is 0. The fourth-order valence-corrected chi connectivity index (χ4v) is 2.10. The van der Waals surface area contributed by atoms with Gasteiger partial charge in [-0.3, -0.25) is 0 Å². The van der Waals surface area contributed by atoms with Crippen molar-refractivity contribution in [2.24, 2.45) is 0 Å². The van der Waals surface area contributed by atoms with Gasteiger partial charge >= 0.3 is 0 Å². The Morgan fingerprint density at radius 3 is 2.26 bits per heavy atom. The van der Waals surface area contributed by atoms with Gasteiger partial charge in [-0.1, -0.05) is 43.4 Å². The van der Waals surface area contributed by atoms with Crippen molar-refractivity contribution < 1.29 is 5.11 Å². The third-order valence-electron chi connectivity index (χ3n) is 2.94. The van der Waals surface area contributed by atoms with E-state index in [1.54, 1.807) is 32.1 Å². The van der Waals surface area contributed by atoms with Crippen LogP contribution in [0.25, 0.3) is 0 Å². The molecule has 0 aliphatic carbocycles. The molecule has 1 saturated heterocycles. The number of hydrogen-bond donors (Lipinski definition) is 2. The molecule has 1 aliphatic rings. The third kappa shape index (κ3) is 11.9. The first-order valence-corrected chi connectivity index (χ1v) is 7.13. The zero-order valence-electron chi connectivity index (χ0n) is 13.2. The Morgan fingerprint density at radius 1 is 1.26 bits per heavy atom. The second-order valence-electron chi connectivity index (χ2n) is 6.45. The maximum absolute atomic E-state index is 9.17. The van der Waals surface area contributed by atoms with Crippen LogP contribution in [0.2, 0.25) is 0 Å². The molecule has 1 fully saturated rings. The topological polar surface area (TPSA) is 32.3 Å². The smallest absolute Gasteiger partial charge is 0.0774 e. The Balaban J connectivity index is 0.000000342. The Bertz CT molecular complexity index is 308. The van der Waals surface area contributed by atoms with Crippen LogP contribution >= 0.6 is 0 Å². The van der Waals surface area contributed by atoms with E-state index >= 15 is 0 Å². The van der Waals surface area contributed by atoms with Crippen LogP contribution in [0.5, 0.6) is 0 Å². The first-order chi connectivity index (χ1) is 8.66. The van der Waals surface area contributed by atoms with Crippen molar-refractivity contribution in [3.8, 4) is 0 Å². The fourth-order valence-electron chi connectivity index (χ4n) is 2.10. The van der Waals surface area contributed by atoms with E-state index in [-0.39, 0.29) is 0 Å². The van der Waals surface area contributed by atoms with Crippen LogP contribution < -0.4 is 5.32 Å². The fraction of sp³-hybridized carbons (Fsp3) is 0.647. The molecule has 2 N–H and O–H groups in total. The molecule has 0 bridgehead atoms. The number of rotatable bonds is 3. The Morgan fingerprint density at radius 2 is 1.89 bits per heavy atom. The third-order valence-corrected chi connectivity index (χ3v) is 2.94. The van der Waals surface area contributed by atoms with Gasteiger partial charge in [-0.15, -0.1) is 0 Å². The zero-order valence-corrected chi connectivity index (χ0v) is 13.2. The molecule has 1 aliphatic heterocycles. The lowest BCUT2D eigenvalue weighted by atomic mass is 9.90. The van der Waals surface area contributed by atoms with Crippen LogP contribution in [0, 0.1) is 0 Å². The molecule has 0 aromatic carbocycles. The van der Waals surface area contributed by atoms with Crippen LogP contribution in [0.4, 0.5) is 0 Å². The van der Waals surface area contributed by atoms with E-state index in [0.717, 1.165) is 6.04 Å². The van der Waals surface area contributed by atoms with Crippen LogP contribution in [0.3, 0.4) is 0 Å². The summed E-state index contributed by atoms with van der Waals surface area (Å²) in [5.41, 5.74) is -0.316. The van der Waals surface area contributed by atoms with Gasteiger partial charge in [0.05, 0.1) is 5.60 Å². The molecule has 1 rings (SSSR count). The number of hydrogen-bond acceptors (Lipinski definition) is 2. The highest BCUT2D eigenvalue weighted by atomic mass is 16.3. The van der Waals surface area contributed by atoms with Gasteiger partial charge in [0.1, 0.15) is 0 Å². The molecule has 1 unspecified atom stereocenters. The molecule has 0 spiro atoms. The molecule has 110 valence electrons. The second kappa shape index (κ2) is 8.34. The van der Waals surface area contributed by atoms with Crippen LogP contribution in [0.1, 0.15) is 53.9 Å². The van der Waals surface area contributed by atoms with Crippen molar-refractivity contribution >= 4 is 0 Å². The minimum atomic E-state index is -0.717. The lowest BCUT2D eigenvalue weighted by molar-refractivity contribution is 0.133. The summed E-state index contributed by atoms with van der Waals surface area (Å²) in [6.07, 6.45) is 12.9. The van der Waals surface area contributed by atoms with Gasteiger partial charge in [0.25, 0.3) is 0 Å². The van der Waals surface area contributed by atoms with Crippen molar-refractivity contribution in [1.29, 1.82) is 0 Å². The highest BCUT2D eigenvalue weighted by Crippen LogP contribution is 2.20. The lowest BCUT2D eigenvalue weighted by Gasteiger charge is -2.35. The van der Waals surface area contributed by atoms with Crippen molar-refractivity contribution in [1.82, 2.24) is 5.32 Å². The van der Waals surface area contributed by atoms with E-state index < -0.39 is 5.60 Å². The average molecular weight is 265 g/mol. The maximum atomic E-state index is 9.17. The van der Waals surface area contributed by atoms with E-state index in [4.69, 9.17) is 0 Å². The van der Waals surface area contributed by atoms with Crippen molar-refractivity contribution in [2.75, 3.05) is 0 Å². The first-order valence-electron chi connectivity index (χ1n) is 7.13. The van der Waals surface area contributed by atoms with Crippen molar-refractivity contribution in [3.05, 3.63) is 37.0 Å². The lowest BCUT2D eigenvalue weighted by Crippen LogP contribution is -2.47. The van der Waals surface area contributed by atoms with Gasteiger partial charge in [0.2, 0.25) is 0 Å². The van der Waals surface area contributed by atoms with E-state index in [1.807, 2.05) is 12.2 Å². The van der Waals surface area contributed by atoms with Crippen LogP contribution in [-0.2, 0) is 0 Å². The highest BCUT2D eigenvalue weighted by Gasteiger charge is 2.23. The summed E-state index contributed by atoms with van der Waals surface area (Å²) in [5, 5.41) is 12.7. The van der Waals surface area contributed by atoms with Crippen molar-refractivity contribution in [2.45, 2.75) is 71.1 Å². The summed E-state index contributed by atoms with van der Waals surface area (Å²) in [5.74, 6) is 0. The molecule has 0 saturated carbocycles. The Kier molecular flexibility index (Phi) is 7.96. The Labute approximate surface area is 119 Å². The van der Waals surface area contributed by atoms with Crippen LogP contribution in [-0.4, -0.2) is 22.3 Å². The molecule has 1 atom stereocenters. The van der Waals surface area contributed by atoms with Gasteiger partial charge in [0.15, 0.2) is 0 Å². The molecule has 1 heterocycles.